The number of Topliss-reactive ketones (excluding diaryl/α,β-unsaturated/α-hetero) is 1. The lowest BCUT2D eigenvalue weighted by Gasteiger charge is -2.37. The van der Waals surface area contributed by atoms with Gasteiger partial charge in [-0.2, -0.15) is 0 Å². The Bertz CT molecular complexity index is 549. The van der Waals surface area contributed by atoms with Gasteiger partial charge < -0.3 is 4.74 Å². The molecule has 0 spiro atoms. The third kappa shape index (κ3) is 4.93. The van der Waals surface area contributed by atoms with E-state index in [1.165, 1.54) is 13.3 Å². The molecule has 1 aromatic carbocycles. The summed E-state index contributed by atoms with van der Waals surface area (Å²) in [5, 5.41) is 0. The van der Waals surface area contributed by atoms with Crippen LogP contribution in [-0.2, 0) is 20.7 Å². The number of rotatable bonds is 6. The maximum absolute atomic E-state index is 12.7. The molecule has 1 aromatic rings. The lowest BCUT2D eigenvalue weighted by molar-refractivity contribution is -0.162. The van der Waals surface area contributed by atoms with Crippen LogP contribution >= 0.6 is 0 Å². The van der Waals surface area contributed by atoms with Crippen molar-refractivity contribution in [2.45, 2.75) is 59.5 Å². The zero-order valence-electron chi connectivity index (χ0n) is 15.3. The lowest BCUT2D eigenvalue weighted by atomic mass is 9.75. The standard InChI is InChI=1S/C21H30O3/c1-14(2)18-11-10-15(3)12-20(18)24-21(23)19(16(4)22)13-17-8-6-5-7-9-17/h5-9,14-15,18-20H,10-13H2,1-4H3/t15-,18-,19-,20+/m0/s1. The van der Waals surface area contributed by atoms with Crippen LogP contribution in [0.5, 0.6) is 0 Å². The van der Waals surface area contributed by atoms with Crippen molar-refractivity contribution < 1.29 is 14.3 Å². The van der Waals surface area contributed by atoms with Crippen molar-refractivity contribution >= 4 is 11.8 Å². The van der Waals surface area contributed by atoms with Crippen molar-refractivity contribution in [3.05, 3.63) is 35.9 Å². The van der Waals surface area contributed by atoms with Gasteiger partial charge in [0.1, 0.15) is 17.8 Å². The molecule has 1 fully saturated rings. The van der Waals surface area contributed by atoms with Crippen LogP contribution < -0.4 is 0 Å². The molecular formula is C21H30O3. The Hall–Kier alpha value is -1.64. The van der Waals surface area contributed by atoms with Gasteiger partial charge in [0.15, 0.2) is 0 Å². The van der Waals surface area contributed by atoms with Crippen molar-refractivity contribution in [2.75, 3.05) is 0 Å². The molecule has 1 aliphatic rings. The van der Waals surface area contributed by atoms with Gasteiger partial charge in [0, 0.05) is 0 Å². The summed E-state index contributed by atoms with van der Waals surface area (Å²) in [5.74, 6) is 0.291. The summed E-state index contributed by atoms with van der Waals surface area (Å²) in [6.07, 6.45) is 3.56. The zero-order valence-corrected chi connectivity index (χ0v) is 15.3. The Kier molecular flexibility index (Phi) is 6.59. The second-order valence-corrected chi connectivity index (χ2v) is 7.65. The smallest absolute Gasteiger partial charge is 0.317 e. The maximum Gasteiger partial charge on any atom is 0.317 e. The fraction of sp³-hybridized carbons (Fsp3) is 0.619. The van der Waals surface area contributed by atoms with E-state index in [9.17, 15) is 9.59 Å². The number of carbonyl (C=O) groups is 2. The van der Waals surface area contributed by atoms with Gasteiger partial charge >= 0.3 is 5.97 Å². The van der Waals surface area contributed by atoms with Gasteiger partial charge in [-0.25, -0.2) is 0 Å². The largest absolute Gasteiger partial charge is 0.462 e. The van der Waals surface area contributed by atoms with Crippen LogP contribution in [0.15, 0.2) is 30.3 Å². The average Bonchev–Trinajstić information content (AvgIpc) is 2.53. The van der Waals surface area contributed by atoms with Crippen molar-refractivity contribution in [1.29, 1.82) is 0 Å². The van der Waals surface area contributed by atoms with Gasteiger partial charge in [0.05, 0.1) is 0 Å². The van der Waals surface area contributed by atoms with Gasteiger partial charge in [-0.1, -0.05) is 57.5 Å². The van der Waals surface area contributed by atoms with E-state index in [0.717, 1.165) is 18.4 Å². The summed E-state index contributed by atoms with van der Waals surface area (Å²) >= 11 is 0. The van der Waals surface area contributed by atoms with E-state index in [0.29, 0.717) is 24.2 Å². The molecule has 3 nitrogen and oxygen atoms in total. The number of ketones is 1. The van der Waals surface area contributed by atoms with E-state index in [2.05, 4.69) is 20.8 Å². The predicted molar refractivity (Wildman–Crippen MR) is 95.5 cm³/mol. The third-order valence-corrected chi connectivity index (χ3v) is 5.29. The number of hydrogen-bond donors (Lipinski definition) is 0. The Balaban J connectivity index is 2.07. The monoisotopic (exact) mass is 330 g/mol. The Morgan fingerprint density at radius 3 is 2.42 bits per heavy atom. The van der Waals surface area contributed by atoms with E-state index in [-0.39, 0.29) is 17.9 Å². The number of hydrogen-bond acceptors (Lipinski definition) is 3. The molecule has 0 radical (unpaired) electrons. The Morgan fingerprint density at radius 1 is 1.17 bits per heavy atom. The first-order valence-electron chi connectivity index (χ1n) is 9.13. The predicted octanol–water partition coefficient (Wildman–Crippen LogP) is 4.44. The summed E-state index contributed by atoms with van der Waals surface area (Å²) in [6.45, 7) is 8.07. The third-order valence-electron chi connectivity index (χ3n) is 5.29. The van der Waals surface area contributed by atoms with E-state index < -0.39 is 5.92 Å². The molecule has 0 amide bonds. The van der Waals surface area contributed by atoms with E-state index in [1.807, 2.05) is 30.3 Å². The summed E-state index contributed by atoms with van der Waals surface area (Å²) in [4.78, 5) is 24.7. The number of esters is 1. The number of ether oxygens (including phenoxy) is 1. The first-order valence-corrected chi connectivity index (χ1v) is 9.13. The van der Waals surface area contributed by atoms with Crippen LogP contribution in [0.4, 0.5) is 0 Å². The van der Waals surface area contributed by atoms with Crippen LogP contribution in [0, 0.1) is 23.7 Å². The summed E-state index contributed by atoms with van der Waals surface area (Å²) in [5.41, 5.74) is 0.993. The van der Waals surface area contributed by atoms with Crippen molar-refractivity contribution in [2.24, 2.45) is 23.7 Å². The molecule has 0 aliphatic heterocycles. The normalized spacial score (nSPS) is 25.3. The highest BCUT2D eigenvalue weighted by molar-refractivity contribution is 5.98. The van der Waals surface area contributed by atoms with Gasteiger partial charge in [-0.05, 0) is 49.5 Å². The van der Waals surface area contributed by atoms with E-state index >= 15 is 0 Å². The van der Waals surface area contributed by atoms with Crippen LogP contribution in [0.2, 0.25) is 0 Å². The summed E-state index contributed by atoms with van der Waals surface area (Å²) in [7, 11) is 0. The molecule has 0 saturated heterocycles. The van der Waals surface area contributed by atoms with Crippen molar-refractivity contribution in [3.63, 3.8) is 0 Å². The summed E-state index contributed by atoms with van der Waals surface area (Å²) in [6, 6.07) is 9.68. The van der Waals surface area contributed by atoms with Gasteiger partial charge in [0.2, 0.25) is 0 Å². The molecule has 132 valence electrons. The molecule has 0 N–H and O–H groups in total. The SMILES string of the molecule is CC(=O)[C@H](Cc1ccccc1)C(=O)O[C@@H]1C[C@@H](C)CC[C@H]1C(C)C. The van der Waals surface area contributed by atoms with Crippen LogP contribution in [0.1, 0.15) is 52.5 Å². The number of benzene rings is 1. The number of carbonyl (C=O) groups excluding carboxylic acids is 2. The molecule has 0 aromatic heterocycles. The second-order valence-electron chi connectivity index (χ2n) is 7.65. The maximum atomic E-state index is 12.7. The van der Waals surface area contributed by atoms with Crippen molar-refractivity contribution in [3.8, 4) is 0 Å². The molecule has 1 saturated carbocycles. The highest BCUT2D eigenvalue weighted by atomic mass is 16.5. The molecule has 3 heteroatoms. The molecule has 0 heterocycles. The zero-order chi connectivity index (χ0) is 17.7. The quantitative estimate of drug-likeness (QED) is 0.572. The second kappa shape index (κ2) is 8.46. The molecule has 1 aliphatic carbocycles. The fourth-order valence-corrected chi connectivity index (χ4v) is 3.72. The van der Waals surface area contributed by atoms with Gasteiger partial charge in [-0.15, -0.1) is 0 Å². The molecule has 0 unspecified atom stereocenters. The van der Waals surface area contributed by atoms with E-state index in [1.54, 1.807) is 0 Å². The van der Waals surface area contributed by atoms with Crippen molar-refractivity contribution in [1.82, 2.24) is 0 Å². The van der Waals surface area contributed by atoms with Crippen LogP contribution in [-0.4, -0.2) is 17.9 Å². The molecule has 4 atom stereocenters. The molecule has 0 bridgehead atoms. The first-order chi connectivity index (χ1) is 11.4. The highest BCUT2D eigenvalue weighted by Crippen LogP contribution is 2.35. The van der Waals surface area contributed by atoms with Crippen LogP contribution in [0.25, 0.3) is 0 Å². The minimum Gasteiger partial charge on any atom is -0.462 e. The molecule has 24 heavy (non-hydrogen) atoms. The fourth-order valence-electron chi connectivity index (χ4n) is 3.72. The Labute approximate surface area is 145 Å². The van der Waals surface area contributed by atoms with Crippen LogP contribution in [0.3, 0.4) is 0 Å². The average molecular weight is 330 g/mol. The minimum atomic E-state index is -0.697. The highest BCUT2D eigenvalue weighted by Gasteiger charge is 2.35. The molecular weight excluding hydrogens is 300 g/mol. The first kappa shape index (κ1) is 18.7. The summed E-state index contributed by atoms with van der Waals surface area (Å²) < 4.78 is 5.87. The van der Waals surface area contributed by atoms with Gasteiger partial charge in [0.25, 0.3) is 0 Å². The van der Waals surface area contributed by atoms with E-state index in [4.69, 9.17) is 4.74 Å². The topological polar surface area (TPSA) is 43.4 Å². The Morgan fingerprint density at radius 2 is 1.83 bits per heavy atom. The molecule has 2 rings (SSSR count). The minimum absolute atomic E-state index is 0.0566. The van der Waals surface area contributed by atoms with Gasteiger partial charge in [-0.3, -0.25) is 9.59 Å². The lowest BCUT2D eigenvalue weighted by Crippen LogP contribution is -2.38.